The summed E-state index contributed by atoms with van der Waals surface area (Å²) in [5, 5.41) is 27.4. The van der Waals surface area contributed by atoms with Crippen LogP contribution < -0.4 is 16.8 Å². The lowest BCUT2D eigenvalue weighted by Gasteiger charge is -2.25. The van der Waals surface area contributed by atoms with E-state index in [0.29, 0.717) is 34.5 Å². The van der Waals surface area contributed by atoms with Gasteiger partial charge in [-0.25, -0.2) is 8.42 Å². The lowest BCUT2D eigenvalue weighted by Crippen LogP contribution is -2.27. The predicted molar refractivity (Wildman–Crippen MR) is 166 cm³/mol. The van der Waals surface area contributed by atoms with Crippen molar-refractivity contribution in [3.63, 3.8) is 0 Å². The highest BCUT2D eigenvalue weighted by molar-refractivity contribution is 7.95. The standard InChI is InChI=1S/C32H31N5O5S/c1-32(19-21-7-3-2-4-8-21)20-28(29(42-32)22-11-13-23(14-12-22)30(33)36-38)43(40,41)25-17-15-24(16-18-25)35-27-10-6-5-9-26(27)31(34)37-39/h2-18,35,38-39H,19-20H2,1H3,(H2,33,36)(H2,34,37). The zero-order valence-corrected chi connectivity index (χ0v) is 24.1. The summed E-state index contributed by atoms with van der Waals surface area (Å²) >= 11 is 0. The molecule has 1 unspecified atom stereocenters. The Morgan fingerprint density at radius 2 is 1.49 bits per heavy atom. The van der Waals surface area contributed by atoms with Gasteiger partial charge in [-0.3, -0.25) is 0 Å². The third kappa shape index (κ3) is 6.16. The zero-order valence-electron chi connectivity index (χ0n) is 23.3. The first-order chi connectivity index (χ1) is 20.6. The smallest absolute Gasteiger partial charge is 0.206 e. The normalized spacial score (nSPS) is 17.5. The van der Waals surface area contributed by atoms with Gasteiger partial charge < -0.3 is 31.9 Å². The first-order valence-corrected chi connectivity index (χ1v) is 14.9. The zero-order chi connectivity index (χ0) is 30.6. The summed E-state index contributed by atoms with van der Waals surface area (Å²) in [5.74, 6) is 0.151. The van der Waals surface area contributed by atoms with E-state index in [0.717, 1.165) is 5.56 Å². The molecule has 5 rings (SSSR count). The molecule has 43 heavy (non-hydrogen) atoms. The van der Waals surface area contributed by atoms with Crippen molar-refractivity contribution in [1.82, 2.24) is 0 Å². The van der Waals surface area contributed by atoms with Crippen molar-refractivity contribution in [2.24, 2.45) is 21.8 Å². The van der Waals surface area contributed by atoms with E-state index in [1.54, 1.807) is 60.7 Å². The molecule has 0 amide bonds. The number of rotatable bonds is 9. The summed E-state index contributed by atoms with van der Waals surface area (Å²) in [6.45, 7) is 1.90. The molecule has 0 saturated heterocycles. The largest absolute Gasteiger partial charge is 0.485 e. The Bertz CT molecular complexity index is 1820. The molecule has 1 atom stereocenters. The number of nitrogens with zero attached hydrogens (tertiary/aromatic N) is 2. The van der Waals surface area contributed by atoms with Crippen LogP contribution in [0.4, 0.5) is 11.4 Å². The highest BCUT2D eigenvalue weighted by atomic mass is 32.2. The molecule has 220 valence electrons. The molecule has 4 aromatic rings. The van der Waals surface area contributed by atoms with Crippen LogP contribution in [0.3, 0.4) is 0 Å². The number of para-hydroxylation sites is 1. The van der Waals surface area contributed by atoms with Crippen LogP contribution in [0, 0.1) is 0 Å². The number of benzene rings is 4. The van der Waals surface area contributed by atoms with Crippen LogP contribution in [0.15, 0.2) is 123 Å². The average molecular weight is 598 g/mol. The van der Waals surface area contributed by atoms with Gasteiger partial charge in [-0.05, 0) is 48.9 Å². The van der Waals surface area contributed by atoms with Crippen LogP contribution in [0.25, 0.3) is 5.76 Å². The van der Waals surface area contributed by atoms with Gasteiger partial charge in [0.1, 0.15) is 11.4 Å². The molecule has 10 nitrogen and oxygen atoms in total. The number of nitrogens with two attached hydrogens (primary N) is 2. The van der Waals surface area contributed by atoms with Gasteiger partial charge in [0.15, 0.2) is 11.7 Å². The van der Waals surface area contributed by atoms with E-state index in [2.05, 4.69) is 15.6 Å². The monoisotopic (exact) mass is 597 g/mol. The molecule has 1 aliphatic heterocycles. The Morgan fingerprint density at radius 3 is 2.14 bits per heavy atom. The van der Waals surface area contributed by atoms with Crippen LogP contribution >= 0.6 is 0 Å². The lowest BCUT2D eigenvalue weighted by atomic mass is 9.94. The van der Waals surface area contributed by atoms with Gasteiger partial charge in [-0.2, -0.15) is 0 Å². The first-order valence-electron chi connectivity index (χ1n) is 13.4. The fourth-order valence-electron chi connectivity index (χ4n) is 5.06. The number of ether oxygens (including phenoxy) is 1. The number of oxime groups is 2. The predicted octanol–water partition coefficient (Wildman–Crippen LogP) is 5.18. The van der Waals surface area contributed by atoms with Crippen molar-refractivity contribution in [2.75, 3.05) is 5.32 Å². The van der Waals surface area contributed by atoms with E-state index in [4.69, 9.17) is 26.6 Å². The SMILES string of the molecule is CC1(Cc2ccccc2)CC(S(=O)(=O)c2ccc(Nc3ccccc3C(N)=NO)cc2)=C(c2ccc(C(N)=NO)cc2)O1. The molecule has 1 heterocycles. The molecule has 0 spiro atoms. The second kappa shape index (κ2) is 11.9. The third-order valence-corrected chi connectivity index (χ3v) is 9.06. The van der Waals surface area contributed by atoms with Crippen molar-refractivity contribution in [1.29, 1.82) is 0 Å². The Labute approximate surface area is 249 Å². The number of sulfone groups is 1. The van der Waals surface area contributed by atoms with Crippen molar-refractivity contribution in [3.05, 3.63) is 130 Å². The molecule has 4 aromatic carbocycles. The van der Waals surface area contributed by atoms with Crippen LogP contribution in [-0.2, 0) is 21.0 Å². The molecule has 0 aromatic heterocycles. The van der Waals surface area contributed by atoms with Crippen LogP contribution in [0.2, 0.25) is 0 Å². The molecular formula is C32H31N5O5S. The highest BCUT2D eigenvalue weighted by Crippen LogP contribution is 2.45. The van der Waals surface area contributed by atoms with Gasteiger partial charge >= 0.3 is 0 Å². The summed E-state index contributed by atoms with van der Waals surface area (Å²) in [6, 6.07) is 29.8. The van der Waals surface area contributed by atoms with Crippen molar-refractivity contribution in [2.45, 2.75) is 30.3 Å². The van der Waals surface area contributed by atoms with Gasteiger partial charge in [0.05, 0.1) is 9.80 Å². The summed E-state index contributed by atoms with van der Waals surface area (Å²) < 4.78 is 34.8. The minimum Gasteiger partial charge on any atom is -0.485 e. The molecule has 7 N–H and O–H groups in total. The van der Waals surface area contributed by atoms with E-state index in [-0.39, 0.29) is 33.7 Å². The second-order valence-electron chi connectivity index (χ2n) is 10.4. The topological polar surface area (TPSA) is 173 Å². The molecule has 1 aliphatic rings. The van der Waals surface area contributed by atoms with E-state index in [1.165, 1.54) is 12.1 Å². The van der Waals surface area contributed by atoms with E-state index >= 15 is 0 Å². The van der Waals surface area contributed by atoms with E-state index < -0.39 is 15.4 Å². The number of hydrogen-bond acceptors (Lipinski definition) is 8. The van der Waals surface area contributed by atoms with Crippen molar-refractivity contribution in [3.8, 4) is 0 Å². The van der Waals surface area contributed by atoms with E-state index in [1.807, 2.05) is 37.3 Å². The maximum atomic E-state index is 14.1. The van der Waals surface area contributed by atoms with E-state index in [9.17, 15) is 8.42 Å². The van der Waals surface area contributed by atoms with Gasteiger partial charge in [0.2, 0.25) is 9.84 Å². The number of anilines is 2. The lowest BCUT2D eigenvalue weighted by molar-refractivity contribution is 0.0800. The molecular weight excluding hydrogens is 566 g/mol. The number of amidine groups is 2. The molecule has 0 radical (unpaired) electrons. The minimum atomic E-state index is -3.98. The average Bonchev–Trinajstić information content (AvgIpc) is 3.39. The van der Waals surface area contributed by atoms with Crippen LogP contribution in [-0.4, -0.2) is 36.1 Å². The van der Waals surface area contributed by atoms with Crippen molar-refractivity contribution < 1.29 is 23.6 Å². The quantitative estimate of drug-likeness (QED) is 0.0759. The molecule has 0 saturated carbocycles. The highest BCUT2D eigenvalue weighted by Gasteiger charge is 2.43. The molecule has 0 aliphatic carbocycles. The maximum Gasteiger partial charge on any atom is 0.206 e. The fraction of sp³-hybridized carbons (Fsp3) is 0.125. The Balaban J connectivity index is 1.49. The molecule has 11 heteroatoms. The maximum absolute atomic E-state index is 14.1. The summed E-state index contributed by atoms with van der Waals surface area (Å²) in [5.41, 5.74) is 14.5. The van der Waals surface area contributed by atoms with Crippen LogP contribution in [0.5, 0.6) is 0 Å². The van der Waals surface area contributed by atoms with Gasteiger partial charge in [0.25, 0.3) is 0 Å². The second-order valence-corrected chi connectivity index (χ2v) is 12.4. The number of hydrogen-bond donors (Lipinski definition) is 5. The third-order valence-electron chi connectivity index (χ3n) is 7.19. The summed E-state index contributed by atoms with van der Waals surface area (Å²) in [6.07, 6.45) is 0.663. The van der Waals surface area contributed by atoms with Gasteiger partial charge in [0, 0.05) is 40.9 Å². The van der Waals surface area contributed by atoms with Gasteiger partial charge in [-0.15, -0.1) is 0 Å². The first kappa shape index (κ1) is 29.2. The summed E-state index contributed by atoms with van der Waals surface area (Å²) in [4.78, 5) is 0.275. The fourth-order valence-corrected chi connectivity index (χ4v) is 6.73. The molecule has 0 fully saturated rings. The van der Waals surface area contributed by atoms with Gasteiger partial charge in [-0.1, -0.05) is 77.0 Å². The Hall–Kier alpha value is -5.29. The van der Waals surface area contributed by atoms with Crippen LogP contribution in [0.1, 0.15) is 35.6 Å². The van der Waals surface area contributed by atoms with Crippen molar-refractivity contribution >= 4 is 38.6 Å². The molecule has 0 bridgehead atoms. The number of nitrogens with one attached hydrogen (secondary N) is 1. The Morgan fingerprint density at radius 1 is 0.860 bits per heavy atom. The Kier molecular flexibility index (Phi) is 8.09. The summed E-state index contributed by atoms with van der Waals surface area (Å²) in [7, 11) is -3.98. The minimum absolute atomic E-state index is 0.0547.